The molecule has 164 valence electrons. The van der Waals surface area contributed by atoms with Gasteiger partial charge in [-0.3, -0.25) is 4.79 Å². The number of halogens is 3. The van der Waals surface area contributed by atoms with Crippen LogP contribution >= 0.6 is 50.5 Å². The zero-order valence-corrected chi connectivity index (χ0v) is 20.4. The number of carbonyl (C=O) groups excluding carboxylic acids is 1. The van der Waals surface area contributed by atoms with Crippen LogP contribution < -0.4 is 5.32 Å². The van der Waals surface area contributed by atoms with Crippen LogP contribution in [0.25, 0.3) is 0 Å². The fourth-order valence-electron chi connectivity index (χ4n) is 3.09. The van der Waals surface area contributed by atoms with Crippen LogP contribution in [0.3, 0.4) is 0 Å². The van der Waals surface area contributed by atoms with Gasteiger partial charge in [0.15, 0.2) is 0 Å². The van der Waals surface area contributed by atoms with Gasteiger partial charge in [-0.05, 0) is 48.6 Å². The van der Waals surface area contributed by atoms with E-state index in [9.17, 15) is 14.7 Å². The van der Waals surface area contributed by atoms with Gasteiger partial charge in [0.05, 0.1) is 8.67 Å². The first-order valence-corrected chi connectivity index (χ1v) is 11.9. The van der Waals surface area contributed by atoms with Gasteiger partial charge in [0.1, 0.15) is 6.04 Å². The number of thiophene rings is 1. The lowest BCUT2D eigenvalue weighted by molar-refractivity contribution is -0.142. The van der Waals surface area contributed by atoms with Crippen LogP contribution in [0, 0.1) is 5.92 Å². The second kappa shape index (κ2) is 12.7. The Labute approximate surface area is 198 Å². The number of benzene rings is 1. The summed E-state index contributed by atoms with van der Waals surface area (Å²) >= 11 is 16.7. The molecule has 30 heavy (non-hydrogen) atoms. The molecule has 2 rings (SSSR count). The monoisotopic (exact) mass is 535 g/mol. The molecule has 2 N–H and O–H groups in total. The summed E-state index contributed by atoms with van der Waals surface area (Å²) in [5, 5.41) is 12.3. The maximum Gasteiger partial charge on any atom is 0.326 e. The van der Waals surface area contributed by atoms with Crippen molar-refractivity contribution in [3.05, 3.63) is 54.6 Å². The van der Waals surface area contributed by atoms with Crippen LogP contribution in [-0.2, 0) is 27.2 Å². The molecule has 0 aliphatic carbocycles. The second-order valence-corrected chi connectivity index (χ2v) is 10.2. The molecular weight excluding hydrogens is 513 g/mol. The van der Waals surface area contributed by atoms with Gasteiger partial charge in [0.25, 0.3) is 0 Å². The molecular formula is C21H24BrCl2NO4S. The van der Waals surface area contributed by atoms with E-state index in [1.165, 1.54) is 11.3 Å². The van der Waals surface area contributed by atoms with Crippen LogP contribution in [0.15, 0.2) is 34.8 Å². The lowest BCUT2D eigenvalue weighted by Crippen LogP contribution is -2.45. The number of hydrogen-bond donors (Lipinski definition) is 2. The number of methoxy groups -OCH3 is 1. The van der Waals surface area contributed by atoms with E-state index in [-0.39, 0.29) is 18.2 Å². The minimum Gasteiger partial charge on any atom is -0.480 e. The van der Waals surface area contributed by atoms with E-state index >= 15 is 0 Å². The Hall–Kier alpha value is -1.12. The molecule has 5 nitrogen and oxygen atoms in total. The molecule has 0 aliphatic rings. The number of nitrogens with one attached hydrogen (secondary N) is 1. The minimum absolute atomic E-state index is 0.0812. The first kappa shape index (κ1) is 25.1. The van der Waals surface area contributed by atoms with Gasteiger partial charge in [-0.1, -0.05) is 57.7 Å². The normalized spacial score (nSPS) is 13.1. The number of carboxylic acid groups (broad SMARTS) is 1. The van der Waals surface area contributed by atoms with Crippen LogP contribution in [0.2, 0.25) is 8.67 Å². The Kier molecular flexibility index (Phi) is 10.6. The largest absolute Gasteiger partial charge is 0.480 e. The van der Waals surface area contributed by atoms with E-state index in [1.54, 1.807) is 13.2 Å². The summed E-state index contributed by atoms with van der Waals surface area (Å²) in [6.45, 7) is 0.627. The maximum atomic E-state index is 13.0. The maximum absolute atomic E-state index is 13.0. The Balaban J connectivity index is 2.09. The van der Waals surface area contributed by atoms with Crippen LogP contribution in [0.1, 0.15) is 30.4 Å². The molecule has 2 unspecified atom stereocenters. The highest BCUT2D eigenvalue weighted by molar-refractivity contribution is 9.10. The van der Waals surface area contributed by atoms with Crippen molar-refractivity contribution in [3.63, 3.8) is 0 Å². The summed E-state index contributed by atoms with van der Waals surface area (Å²) in [5.41, 5.74) is 1.63. The molecule has 0 bridgehead atoms. The van der Waals surface area contributed by atoms with Crippen molar-refractivity contribution in [2.75, 3.05) is 13.7 Å². The van der Waals surface area contributed by atoms with Crippen molar-refractivity contribution in [1.29, 1.82) is 0 Å². The van der Waals surface area contributed by atoms with E-state index < -0.39 is 12.0 Å². The van der Waals surface area contributed by atoms with Crippen molar-refractivity contribution >= 4 is 62.3 Å². The third kappa shape index (κ3) is 8.19. The van der Waals surface area contributed by atoms with Gasteiger partial charge in [0.2, 0.25) is 5.91 Å². The van der Waals surface area contributed by atoms with E-state index in [0.717, 1.165) is 22.9 Å². The number of carboxylic acids is 1. The van der Waals surface area contributed by atoms with Crippen molar-refractivity contribution in [3.8, 4) is 0 Å². The van der Waals surface area contributed by atoms with E-state index in [4.69, 9.17) is 27.9 Å². The third-order valence-corrected chi connectivity index (χ3v) is 6.78. The molecule has 0 saturated carbocycles. The van der Waals surface area contributed by atoms with Crippen molar-refractivity contribution in [2.45, 2.75) is 38.1 Å². The molecule has 2 aromatic rings. The van der Waals surface area contributed by atoms with Gasteiger partial charge in [-0.15, -0.1) is 11.3 Å². The van der Waals surface area contributed by atoms with Crippen molar-refractivity contribution < 1.29 is 19.4 Å². The van der Waals surface area contributed by atoms with Gasteiger partial charge in [-0.2, -0.15) is 0 Å². The number of carbonyl (C=O) groups is 2. The van der Waals surface area contributed by atoms with Crippen LogP contribution in [0.5, 0.6) is 0 Å². The second-order valence-electron chi connectivity index (χ2n) is 6.97. The third-order valence-electron chi connectivity index (χ3n) is 4.68. The first-order valence-electron chi connectivity index (χ1n) is 9.50. The lowest BCUT2D eigenvalue weighted by atomic mass is 9.92. The first-order chi connectivity index (χ1) is 14.3. The SMILES string of the molecule is COCCCCC(Cc1ccc(Br)cc1)C(=O)NC(Cc1cc(Cl)sc1Cl)C(=O)O. The van der Waals surface area contributed by atoms with Gasteiger partial charge in [0, 0.05) is 30.5 Å². The van der Waals surface area contributed by atoms with E-state index in [1.807, 2.05) is 24.3 Å². The van der Waals surface area contributed by atoms with Crippen LogP contribution in [-0.4, -0.2) is 36.7 Å². The summed E-state index contributed by atoms with van der Waals surface area (Å²) in [7, 11) is 1.64. The van der Waals surface area contributed by atoms with Gasteiger partial charge < -0.3 is 15.2 Å². The average molecular weight is 537 g/mol. The standard InChI is InChI=1S/C21H24BrCl2NO4S/c1-29-9-3-2-4-14(10-13-5-7-16(22)8-6-13)20(26)25-17(21(27)28)11-15-12-18(23)30-19(15)24/h5-8,12,14,17H,2-4,9-11H2,1H3,(H,25,26)(H,27,28). The quantitative estimate of drug-likeness (QED) is 0.346. The zero-order valence-electron chi connectivity index (χ0n) is 16.5. The molecule has 1 aromatic carbocycles. The predicted octanol–water partition coefficient (Wildman–Crippen LogP) is 5.60. The summed E-state index contributed by atoms with van der Waals surface area (Å²) < 4.78 is 6.97. The Morgan fingerprint density at radius 3 is 2.47 bits per heavy atom. The Bertz CT molecular complexity index is 844. The summed E-state index contributed by atoms with van der Waals surface area (Å²) in [4.78, 5) is 24.8. The number of hydrogen-bond acceptors (Lipinski definition) is 4. The zero-order chi connectivity index (χ0) is 22.1. The summed E-state index contributed by atoms with van der Waals surface area (Å²) in [5.74, 6) is -1.73. The summed E-state index contributed by atoms with van der Waals surface area (Å²) in [6.07, 6.45) is 2.90. The number of unbranched alkanes of at least 4 members (excludes halogenated alkanes) is 1. The molecule has 1 heterocycles. The Morgan fingerprint density at radius 1 is 1.20 bits per heavy atom. The molecule has 9 heteroatoms. The molecule has 0 fully saturated rings. The number of rotatable bonds is 12. The molecule has 1 aromatic heterocycles. The fourth-order valence-corrected chi connectivity index (χ4v) is 4.86. The molecule has 0 spiro atoms. The number of aliphatic carboxylic acids is 1. The van der Waals surface area contributed by atoms with Gasteiger partial charge in [-0.25, -0.2) is 4.79 Å². The number of amides is 1. The van der Waals surface area contributed by atoms with E-state index in [2.05, 4.69) is 21.2 Å². The molecule has 0 aliphatic heterocycles. The highest BCUT2D eigenvalue weighted by Crippen LogP contribution is 2.32. The minimum atomic E-state index is -1.11. The molecule has 1 amide bonds. The Morgan fingerprint density at radius 2 is 1.90 bits per heavy atom. The lowest BCUT2D eigenvalue weighted by Gasteiger charge is -2.21. The highest BCUT2D eigenvalue weighted by Gasteiger charge is 2.27. The van der Waals surface area contributed by atoms with Crippen molar-refractivity contribution in [2.24, 2.45) is 5.92 Å². The summed E-state index contributed by atoms with van der Waals surface area (Å²) in [6, 6.07) is 8.34. The molecule has 2 atom stereocenters. The number of ether oxygens (including phenoxy) is 1. The van der Waals surface area contributed by atoms with Crippen molar-refractivity contribution in [1.82, 2.24) is 5.32 Å². The smallest absolute Gasteiger partial charge is 0.326 e. The fraction of sp³-hybridized carbons (Fsp3) is 0.429. The topological polar surface area (TPSA) is 75.6 Å². The van der Waals surface area contributed by atoms with Crippen LogP contribution in [0.4, 0.5) is 0 Å². The molecule has 0 radical (unpaired) electrons. The van der Waals surface area contributed by atoms with E-state index in [0.29, 0.717) is 33.7 Å². The highest BCUT2D eigenvalue weighted by atomic mass is 79.9. The molecule has 0 saturated heterocycles. The van der Waals surface area contributed by atoms with Gasteiger partial charge >= 0.3 is 5.97 Å². The average Bonchev–Trinajstić information content (AvgIpc) is 3.01. The predicted molar refractivity (Wildman–Crippen MR) is 125 cm³/mol.